The quantitative estimate of drug-likeness (QED) is 0.186. The summed E-state index contributed by atoms with van der Waals surface area (Å²) in [6.45, 7) is 5.11. The maximum Gasteiger partial charge on any atom is 0.326 e. The molecule has 4 amide bonds. The van der Waals surface area contributed by atoms with Gasteiger partial charge in [-0.15, -0.1) is 0 Å². The number of rotatable bonds is 14. The van der Waals surface area contributed by atoms with Gasteiger partial charge in [0, 0.05) is 0 Å². The number of carboxylic acids is 1. The van der Waals surface area contributed by atoms with E-state index in [1.54, 1.807) is 0 Å². The van der Waals surface area contributed by atoms with Crippen molar-refractivity contribution in [1.82, 2.24) is 16.0 Å². The van der Waals surface area contributed by atoms with Crippen LogP contribution in [-0.2, 0) is 24.0 Å². The molecule has 0 aromatic carbocycles. The highest BCUT2D eigenvalue weighted by atomic mass is 32.2. The SMILES string of the molecule is CSCCC(NC(=O)C(C)NC(=O)C(CC(N)=O)NC(=O)C(N)CC(C)C)C(=O)O. The number of thioether (sulfide) groups is 1. The number of aliphatic carboxylic acids is 1. The zero-order valence-corrected chi connectivity index (χ0v) is 18.6. The van der Waals surface area contributed by atoms with Crippen molar-refractivity contribution in [2.75, 3.05) is 12.0 Å². The van der Waals surface area contributed by atoms with Crippen LogP contribution in [0.15, 0.2) is 0 Å². The molecule has 0 heterocycles. The van der Waals surface area contributed by atoms with Crippen LogP contribution >= 0.6 is 11.8 Å². The van der Waals surface area contributed by atoms with E-state index < -0.39 is 60.2 Å². The average Bonchev–Trinajstić information content (AvgIpc) is 2.62. The van der Waals surface area contributed by atoms with Gasteiger partial charge in [0.25, 0.3) is 0 Å². The van der Waals surface area contributed by atoms with Crippen LogP contribution in [-0.4, -0.2) is 70.9 Å². The van der Waals surface area contributed by atoms with Crippen molar-refractivity contribution in [2.24, 2.45) is 17.4 Å². The maximum absolute atomic E-state index is 12.5. The van der Waals surface area contributed by atoms with E-state index in [9.17, 15) is 29.1 Å². The molecule has 172 valence electrons. The summed E-state index contributed by atoms with van der Waals surface area (Å²) >= 11 is 1.44. The lowest BCUT2D eigenvalue weighted by Gasteiger charge is -2.23. The van der Waals surface area contributed by atoms with Crippen LogP contribution in [0.1, 0.15) is 40.0 Å². The Morgan fingerprint density at radius 3 is 1.97 bits per heavy atom. The van der Waals surface area contributed by atoms with Gasteiger partial charge in [-0.3, -0.25) is 19.2 Å². The molecule has 0 rings (SSSR count). The number of nitrogens with two attached hydrogens (primary N) is 2. The van der Waals surface area contributed by atoms with Crippen LogP contribution in [0, 0.1) is 5.92 Å². The number of carboxylic acid groups (broad SMARTS) is 1. The van der Waals surface area contributed by atoms with E-state index in [1.807, 2.05) is 20.1 Å². The second-order valence-electron chi connectivity index (χ2n) is 7.38. The number of primary amides is 1. The van der Waals surface area contributed by atoms with Gasteiger partial charge in [-0.1, -0.05) is 13.8 Å². The Morgan fingerprint density at radius 1 is 0.933 bits per heavy atom. The van der Waals surface area contributed by atoms with Gasteiger partial charge in [0.05, 0.1) is 12.5 Å². The zero-order valence-electron chi connectivity index (χ0n) is 17.8. The molecule has 4 atom stereocenters. The third kappa shape index (κ3) is 11.0. The monoisotopic (exact) mass is 447 g/mol. The lowest BCUT2D eigenvalue weighted by molar-refractivity contribution is -0.142. The van der Waals surface area contributed by atoms with Crippen LogP contribution in [0.3, 0.4) is 0 Å². The minimum atomic E-state index is -1.31. The molecule has 4 unspecified atom stereocenters. The van der Waals surface area contributed by atoms with Gasteiger partial charge in [0.15, 0.2) is 0 Å². The van der Waals surface area contributed by atoms with Gasteiger partial charge in [-0.05, 0) is 37.7 Å². The number of carbonyl (C=O) groups excluding carboxylic acids is 4. The third-order valence-corrected chi connectivity index (χ3v) is 4.72. The fraction of sp³-hybridized carbons (Fsp3) is 0.722. The average molecular weight is 448 g/mol. The molecule has 0 fully saturated rings. The molecule has 0 bridgehead atoms. The molecule has 0 saturated heterocycles. The van der Waals surface area contributed by atoms with Crippen LogP contribution in [0.4, 0.5) is 0 Å². The van der Waals surface area contributed by atoms with Crippen molar-refractivity contribution < 1.29 is 29.1 Å². The largest absolute Gasteiger partial charge is 0.480 e. The Morgan fingerprint density at radius 2 is 1.50 bits per heavy atom. The lowest BCUT2D eigenvalue weighted by Crippen LogP contribution is -2.57. The summed E-state index contributed by atoms with van der Waals surface area (Å²) in [7, 11) is 0. The Labute approximate surface area is 180 Å². The normalized spacial score (nSPS) is 14.9. The van der Waals surface area contributed by atoms with Gasteiger partial charge >= 0.3 is 5.97 Å². The fourth-order valence-corrected chi connectivity index (χ4v) is 2.94. The first kappa shape index (κ1) is 27.7. The van der Waals surface area contributed by atoms with Crippen molar-refractivity contribution in [3.05, 3.63) is 0 Å². The van der Waals surface area contributed by atoms with Crippen LogP contribution in [0.5, 0.6) is 0 Å². The van der Waals surface area contributed by atoms with Crippen molar-refractivity contribution in [2.45, 2.75) is 64.2 Å². The summed E-state index contributed by atoms with van der Waals surface area (Å²) in [5, 5.41) is 16.3. The minimum absolute atomic E-state index is 0.145. The first-order valence-electron chi connectivity index (χ1n) is 9.55. The summed E-state index contributed by atoms with van der Waals surface area (Å²) < 4.78 is 0. The number of carbonyl (C=O) groups is 5. The molecule has 0 aliphatic rings. The Balaban J connectivity index is 5.03. The van der Waals surface area contributed by atoms with Gasteiger partial charge in [-0.2, -0.15) is 11.8 Å². The van der Waals surface area contributed by atoms with Crippen LogP contribution in [0.25, 0.3) is 0 Å². The molecule has 12 heteroatoms. The summed E-state index contributed by atoms with van der Waals surface area (Å²) in [4.78, 5) is 59.5. The molecule has 11 nitrogen and oxygen atoms in total. The molecule has 0 aliphatic heterocycles. The van der Waals surface area contributed by atoms with E-state index in [2.05, 4.69) is 16.0 Å². The molecule has 0 spiro atoms. The number of hydrogen-bond acceptors (Lipinski definition) is 7. The van der Waals surface area contributed by atoms with E-state index in [-0.39, 0.29) is 12.3 Å². The van der Waals surface area contributed by atoms with Gasteiger partial charge in [0.1, 0.15) is 18.1 Å². The standard InChI is InChI=1S/C18H33N5O6S/c1-9(2)7-11(19)16(26)23-13(8-14(20)24)17(27)21-10(3)15(25)22-12(18(28)29)5-6-30-4/h9-13H,5-8,19H2,1-4H3,(H2,20,24)(H,21,27)(H,22,25)(H,23,26)(H,28,29). The highest BCUT2D eigenvalue weighted by Crippen LogP contribution is 2.04. The summed E-state index contributed by atoms with van der Waals surface area (Å²) in [5.74, 6) is -3.48. The molecule has 0 aliphatic carbocycles. The lowest BCUT2D eigenvalue weighted by atomic mass is 10.0. The molecule has 0 radical (unpaired) electrons. The molecule has 0 aromatic rings. The molecule has 0 saturated carbocycles. The number of amides is 4. The highest BCUT2D eigenvalue weighted by Gasteiger charge is 2.29. The Hall–Kier alpha value is -2.34. The zero-order chi connectivity index (χ0) is 23.4. The Bertz CT molecular complexity index is 630. The summed E-state index contributed by atoms with van der Waals surface area (Å²) in [5.41, 5.74) is 10.9. The first-order chi connectivity index (χ1) is 13.9. The van der Waals surface area contributed by atoms with Crippen LogP contribution < -0.4 is 27.4 Å². The van der Waals surface area contributed by atoms with Gasteiger partial charge < -0.3 is 32.5 Å². The summed E-state index contributed by atoms with van der Waals surface area (Å²) in [6.07, 6.45) is 1.93. The molecule has 30 heavy (non-hydrogen) atoms. The van der Waals surface area contributed by atoms with Crippen molar-refractivity contribution in [3.63, 3.8) is 0 Å². The van der Waals surface area contributed by atoms with E-state index in [0.717, 1.165) is 0 Å². The first-order valence-corrected chi connectivity index (χ1v) is 10.9. The van der Waals surface area contributed by atoms with Crippen molar-refractivity contribution in [3.8, 4) is 0 Å². The van der Waals surface area contributed by atoms with Gasteiger partial charge in [0.2, 0.25) is 23.6 Å². The highest BCUT2D eigenvalue weighted by molar-refractivity contribution is 7.98. The number of nitrogens with one attached hydrogen (secondary N) is 3. The van der Waals surface area contributed by atoms with Crippen LogP contribution in [0.2, 0.25) is 0 Å². The smallest absolute Gasteiger partial charge is 0.326 e. The molecular weight excluding hydrogens is 414 g/mol. The minimum Gasteiger partial charge on any atom is -0.480 e. The van der Waals surface area contributed by atoms with Gasteiger partial charge in [-0.25, -0.2) is 4.79 Å². The molecule has 0 aromatic heterocycles. The predicted molar refractivity (Wildman–Crippen MR) is 113 cm³/mol. The van der Waals surface area contributed by atoms with Crippen molar-refractivity contribution in [1.29, 1.82) is 0 Å². The molecule has 8 N–H and O–H groups in total. The second-order valence-corrected chi connectivity index (χ2v) is 8.36. The van der Waals surface area contributed by atoms with E-state index in [0.29, 0.717) is 12.2 Å². The fourth-order valence-electron chi connectivity index (χ4n) is 2.47. The Kier molecular flexibility index (Phi) is 12.7. The number of hydrogen-bond donors (Lipinski definition) is 6. The predicted octanol–water partition coefficient (Wildman–Crippen LogP) is -1.45. The van der Waals surface area contributed by atoms with E-state index in [1.165, 1.54) is 18.7 Å². The van der Waals surface area contributed by atoms with Crippen molar-refractivity contribution >= 4 is 41.4 Å². The molecular formula is C18H33N5O6S. The van der Waals surface area contributed by atoms with E-state index >= 15 is 0 Å². The summed E-state index contributed by atoms with van der Waals surface area (Å²) in [6, 6.07) is -4.39. The second kappa shape index (κ2) is 13.8. The maximum atomic E-state index is 12.5. The van der Waals surface area contributed by atoms with E-state index in [4.69, 9.17) is 11.5 Å². The third-order valence-electron chi connectivity index (χ3n) is 4.08. The topological polar surface area (TPSA) is 194 Å².